The van der Waals surface area contributed by atoms with Gasteiger partial charge in [0.05, 0.1) is 19.0 Å². The van der Waals surface area contributed by atoms with Crippen molar-refractivity contribution in [2.75, 3.05) is 19.7 Å². The minimum Gasteiger partial charge on any atom is -0.490 e. The van der Waals surface area contributed by atoms with Gasteiger partial charge in [0, 0.05) is 12.5 Å². The minimum absolute atomic E-state index is 0.408. The zero-order chi connectivity index (χ0) is 11.4. The van der Waals surface area contributed by atoms with Gasteiger partial charge in [-0.1, -0.05) is 0 Å². The first kappa shape index (κ1) is 11.3. The van der Waals surface area contributed by atoms with Crippen LogP contribution in [0.15, 0.2) is 12.4 Å². The lowest BCUT2D eigenvalue weighted by molar-refractivity contribution is 0.0562. The molecule has 4 nitrogen and oxygen atoms in total. The van der Waals surface area contributed by atoms with E-state index in [1.165, 1.54) is 12.4 Å². The molecule has 1 saturated heterocycles. The molecule has 1 aromatic heterocycles. The zero-order valence-electron chi connectivity index (χ0n) is 8.90. The molecule has 0 aliphatic carbocycles. The lowest BCUT2D eigenvalue weighted by Crippen LogP contribution is -2.32. The van der Waals surface area contributed by atoms with Crippen molar-refractivity contribution < 1.29 is 13.5 Å². The number of halogens is 2. The summed E-state index contributed by atoms with van der Waals surface area (Å²) < 4.78 is 30.4. The van der Waals surface area contributed by atoms with Gasteiger partial charge in [-0.05, 0) is 19.4 Å². The van der Waals surface area contributed by atoms with Crippen molar-refractivity contribution in [3.63, 3.8) is 0 Å². The van der Waals surface area contributed by atoms with Crippen molar-refractivity contribution in [1.29, 1.82) is 0 Å². The van der Waals surface area contributed by atoms with Crippen LogP contribution in [0.4, 0.5) is 8.78 Å². The van der Waals surface area contributed by atoms with Gasteiger partial charge >= 0.3 is 6.55 Å². The van der Waals surface area contributed by atoms with Crippen LogP contribution in [0.2, 0.25) is 0 Å². The van der Waals surface area contributed by atoms with Crippen molar-refractivity contribution in [2.24, 2.45) is 5.92 Å². The van der Waals surface area contributed by atoms with Crippen LogP contribution < -0.4 is 10.1 Å². The lowest BCUT2D eigenvalue weighted by Gasteiger charge is -2.22. The van der Waals surface area contributed by atoms with E-state index in [-0.39, 0.29) is 0 Å². The first-order valence-corrected chi connectivity index (χ1v) is 5.41. The number of alkyl halides is 2. The van der Waals surface area contributed by atoms with E-state index in [0.29, 0.717) is 23.0 Å². The highest BCUT2D eigenvalue weighted by molar-refractivity contribution is 5.11. The summed E-state index contributed by atoms with van der Waals surface area (Å²) in [6.07, 6.45) is 4.81. The van der Waals surface area contributed by atoms with Gasteiger partial charge in [0.25, 0.3) is 0 Å². The maximum Gasteiger partial charge on any atom is 0.333 e. The smallest absolute Gasteiger partial charge is 0.333 e. The maximum atomic E-state index is 12.2. The van der Waals surface area contributed by atoms with Gasteiger partial charge in [-0.3, -0.25) is 0 Å². The standard InChI is InChI=1S/C10H15F2N3O/c11-10(12)15-6-9(5-14-15)16-7-8-2-1-3-13-4-8/h5-6,8,10,13H,1-4,7H2. The van der Waals surface area contributed by atoms with E-state index in [0.717, 1.165) is 25.9 Å². The van der Waals surface area contributed by atoms with Gasteiger partial charge in [-0.2, -0.15) is 13.9 Å². The Hall–Kier alpha value is -1.17. The van der Waals surface area contributed by atoms with Crippen molar-refractivity contribution in [3.05, 3.63) is 12.4 Å². The van der Waals surface area contributed by atoms with E-state index >= 15 is 0 Å². The highest BCUT2D eigenvalue weighted by Crippen LogP contribution is 2.17. The molecule has 6 heteroatoms. The predicted octanol–water partition coefficient (Wildman–Crippen LogP) is 1.66. The largest absolute Gasteiger partial charge is 0.490 e. The monoisotopic (exact) mass is 231 g/mol. The molecule has 1 unspecified atom stereocenters. The molecule has 0 bridgehead atoms. The summed E-state index contributed by atoms with van der Waals surface area (Å²) in [4.78, 5) is 0. The van der Waals surface area contributed by atoms with Gasteiger partial charge < -0.3 is 10.1 Å². The molecule has 1 atom stereocenters. The van der Waals surface area contributed by atoms with Gasteiger partial charge in [0.1, 0.15) is 0 Å². The van der Waals surface area contributed by atoms with Crippen LogP contribution in [-0.4, -0.2) is 29.5 Å². The van der Waals surface area contributed by atoms with E-state index in [9.17, 15) is 8.78 Å². The molecule has 2 heterocycles. The number of hydrogen-bond donors (Lipinski definition) is 1. The van der Waals surface area contributed by atoms with Crippen LogP contribution >= 0.6 is 0 Å². The van der Waals surface area contributed by atoms with E-state index in [2.05, 4.69) is 10.4 Å². The molecule has 0 saturated carbocycles. The Morgan fingerprint density at radius 2 is 2.50 bits per heavy atom. The zero-order valence-corrected chi connectivity index (χ0v) is 8.90. The Morgan fingerprint density at radius 1 is 1.62 bits per heavy atom. The van der Waals surface area contributed by atoms with Crippen LogP contribution in [0.3, 0.4) is 0 Å². The molecule has 1 aromatic rings. The summed E-state index contributed by atoms with van der Waals surface area (Å²) >= 11 is 0. The van der Waals surface area contributed by atoms with E-state index in [4.69, 9.17) is 4.74 Å². The molecule has 1 aliphatic rings. The molecular formula is C10H15F2N3O. The molecule has 1 fully saturated rings. The summed E-state index contributed by atoms with van der Waals surface area (Å²) in [5.41, 5.74) is 0. The topological polar surface area (TPSA) is 39.1 Å². The fraction of sp³-hybridized carbons (Fsp3) is 0.700. The van der Waals surface area contributed by atoms with E-state index in [1.54, 1.807) is 0 Å². The first-order chi connectivity index (χ1) is 7.75. The summed E-state index contributed by atoms with van der Waals surface area (Å²) in [5, 5.41) is 6.78. The molecule has 1 aliphatic heterocycles. The van der Waals surface area contributed by atoms with Crippen LogP contribution in [-0.2, 0) is 0 Å². The number of ether oxygens (including phenoxy) is 1. The molecule has 90 valence electrons. The number of nitrogens with zero attached hydrogens (tertiary/aromatic N) is 2. The average Bonchev–Trinajstić information content (AvgIpc) is 2.76. The second-order valence-corrected chi connectivity index (χ2v) is 3.96. The van der Waals surface area contributed by atoms with Crippen molar-refractivity contribution >= 4 is 0 Å². The second kappa shape index (κ2) is 5.25. The number of piperidine rings is 1. The highest BCUT2D eigenvalue weighted by atomic mass is 19.3. The van der Waals surface area contributed by atoms with Gasteiger partial charge in [0.2, 0.25) is 0 Å². The van der Waals surface area contributed by atoms with Crippen molar-refractivity contribution in [2.45, 2.75) is 19.4 Å². The third-order valence-corrected chi connectivity index (χ3v) is 2.66. The molecular weight excluding hydrogens is 216 g/mol. The summed E-state index contributed by atoms with van der Waals surface area (Å²) in [6, 6.07) is 0. The Morgan fingerprint density at radius 3 is 3.12 bits per heavy atom. The van der Waals surface area contributed by atoms with Crippen LogP contribution in [0.25, 0.3) is 0 Å². The quantitative estimate of drug-likeness (QED) is 0.856. The summed E-state index contributed by atoms with van der Waals surface area (Å²) in [6.45, 7) is -0.0567. The first-order valence-electron chi connectivity index (χ1n) is 5.41. The number of hydrogen-bond acceptors (Lipinski definition) is 3. The van der Waals surface area contributed by atoms with Crippen LogP contribution in [0.1, 0.15) is 19.4 Å². The van der Waals surface area contributed by atoms with Crippen LogP contribution in [0, 0.1) is 5.92 Å². The second-order valence-electron chi connectivity index (χ2n) is 3.96. The Balaban J connectivity index is 1.79. The number of aromatic nitrogens is 2. The third-order valence-electron chi connectivity index (χ3n) is 2.66. The maximum absolute atomic E-state index is 12.2. The molecule has 1 N–H and O–H groups in total. The number of rotatable bonds is 4. The predicted molar refractivity (Wildman–Crippen MR) is 54.6 cm³/mol. The Bertz CT molecular complexity index is 324. The molecule has 16 heavy (non-hydrogen) atoms. The molecule has 0 spiro atoms. The molecule has 0 aromatic carbocycles. The van der Waals surface area contributed by atoms with Gasteiger partial charge in [-0.25, -0.2) is 4.68 Å². The van der Waals surface area contributed by atoms with Crippen molar-refractivity contribution in [1.82, 2.24) is 15.1 Å². The molecule has 0 amide bonds. The van der Waals surface area contributed by atoms with Gasteiger partial charge in [0.15, 0.2) is 5.75 Å². The van der Waals surface area contributed by atoms with E-state index < -0.39 is 6.55 Å². The SMILES string of the molecule is FC(F)n1cc(OCC2CCCNC2)cn1. The van der Waals surface area contributed by atoms with E-state index in [1.807, 2.05) is 0 Å². The normalized spacial score (nSPS) is 21.3. The fourth-order valence-corrected chi connectivity index (χ4v) is 1.78. The third kappa shape index (κ3) is 2.91. The summed E-state index contributed by atoms with van der Waals surface area (Å²) in [5.74, 6) is 0.870. The minimum atomic E-state index is -2.60. The van der Waals surface area contributed by atoms with Crippen molar-refractivity contribution in [3.8, 4) is 5.75 Å². The highest BCUT2D eigenvalue weighted by Gasteiger charge is 2.14. The Kier molecular flexibility index (Phi) is 3.71. The fourth-order valence-electron chi connectivity index (χ4n) is 1.78. The Labute approximate surface area is 92.6 Å². The average molecular weight is 231 g/mol. The van der Waals surface area contributed by atoms with Crippen LogP contribution in [0.5, 0.6) is 5.75 Å². The summed E-state index contributed by atoms with van der Waals surface area (Å²) in [7, 11) is 0. The molecule has 2 rings (SSSR count). The number of nitrogens with one attached hydrogen (secondary N) is 1. The lowest BCUT2D eigenvalue weighted by atomic mass is 10.0. The van der Waals surface area contributed by atoms with Gasteiger partial charge in [-0.15, -0.1) is 0 Å². The molecule has 0 radical (unpaired) electrons.